The molecule has 1 fully saturated rings. The summed E-state index contributed by atoms with van der Waals surface area (Å²) in [6.45, 7) is 1.60. The third-order valence-corrected chi connectivity index (χ3v) is 1.43. The van der Waals surface area contributed by atoms with Crippen molar-refractivity contribution in [3.8, 4) is 0 Å². The minimum absolute atomic E-state index is 0.138. The van der Waals surface area contributed by atoms with E-state index in [1.54, 1.807) is 0 Å². The van der Waals surface area contributed by atoms with Gasteiger partial charge in [-0.2, -0.15) is 0 Å². The summed E-state index contributed by atoms with van der Waals surface area (Å²) in [7, 11) is 1.94. The lowest BCUT2D eigenvalue weighted by Crippen LogP contribution is -2.28. The van der Waals surface area contributed by atoms with Crippen molar-refractivity contribution in [2.24, 2.45) is 0 Å². The van der Waals surface area contributed by atoms with Crippen LogP contribution in [0.25, 0.3) is 0 Å². The highest BCUT2D eigenvalue weighted by atomic mass is 19.1. The first-order valence-corrected chi connectivity index (χ1v) is 2.98. The van der Waals surface area contributed by atoms with Crippen LogP contribution >= 0.6 is 0 Å². The molecule has 0 aromatic heterocycles. The van der Waals surface area contributed by atoms with Crippen LogP contribution in [-0.2, 0) is 0 Å². The van der Waals surface area contributed by atoms with Crippen LogP contribution in [0.15, 0.2) is 0 Å². The molecule has 1 aliphatic heterocycles. The molecule has 1 nitrogen and oxygen atoms in total. The van der Waals surface area contributed by atoms with Crippen molar-refractivity contribution in [1.82, 2.24) is 4.90 Å². The summed E-state index contributed by atoms with van der Waals surface area (Å²) < 4.78 is 12.3. The molecule has 8 heavy (non-hydrogen) atoms. The van der Waals surface area contributed by atoms with Gasteiger partial charge in [-0.3, -0.25) is 0 Å². The van der Waals surface area contributed by atoms with Crippen molar-refractivity contribution in [2.45, 2.75) is 12.8 Å². The quantitative estimate of drug-likeness (QED) is 0.460. The number of hydrogen-bond donors (Lipinski definition) is 0. The Morgan fingerprint density at radius 3 is 2.75 bits per heavy atom. The van der Waals surface area contributed by atoms with Crippen LogP contribution in [0.5, 0.6) is 0 Å². The van der Waals surface area contributed by atoms with E-state index in [-0.39, 0.29) is 6.17 Å². The Morgan fingerprint density at radius 2 is 2.38 bits per heavy atom. The number of likely N-dealkylation sites (tertiary alicyclic amines) is 1. The molecule has 0 N–H and O–H groups in total. The zero-order chi connectivity index (χ0) is 5.98. The Labute approximate surface area is 49.5 Å². The van der Waals surface area contributed by atoms with Crippen LogP contribution in [0.1, 0.15) is 12.8 Å². The molecule has 1 radical (unpaired) electrons. The van der Waals surface area contributed by atoms with Crippen LogP contribution in [0.3, 0.4) is 0 Å². The highest BCUT2D eigenvalue weighted by molar-refractivity contribution is 4.84. The lowest BCUT2D eigenvalue weighted by Gasteiger charge is -2.23. The summed E-state index contributed by atoms with van der Waals surface area (Å²) in [4.78, 5) is 2.00. The van der Waals surface area contributed by atoms with Gasteiger partial charge in [-0.1, -0.05) is 0 Å². The first kappa shape index (κ1) is 6.02. The normalized spacial score (nSPS) is 26.2. The van der Waals surface area contributed by atoms with Crippen molar-refractivity contribution in [1.29, 1.82) is 0 Å². The van der Waals surface area contributed by atoms with Gasteiger partial charge in [-0.15, -0.1) is 0 Å². The van der Waals surface area contributed by atoms with Crippen LogP contribution in [0.2, 0.25) is 0 Å². The molecule has 0 saturated carbocycles. The smallest absolute Gasteiger partial charge is 0.158 e. The van der Waals surface area contributed by atoms with Crippen molar-refractivity contribution < 1.29 is 4.39 Å². The summed E-state index contributed by atoms with van der Waals surface area (Å²) in [5, 5.41) is 0. The molecule has 1 aliphatic rings. The summed E-state index contributed by atoms with van der Waals surface area (Å²) in [5.74, 6) is 0. The van der Waals surface area contributed by atoms with Gasteiger partial charge in [0.25, 0.3) is 0 Å². The maximum atomic E-state index is 12.3. The Morgan fingerprint density at radius 1 is 1.62 bits per heavy atom. The van der Waals surface area contributed by atoms with Gasteiger partial charge in [0.1, 0.15) is 0 Å². The molecule has 0 aromatic rings. The molecule has 1 heterocycles. The molecule has 0 aromatic carbocycles. The van der Waals surface area contributed by atoms with Crippen molar-refractivity contribution in [3.05, 3.63) is 6.17 Å². The van der Waals surface area contributed by atoms with Crippen LogP contribution < -0.4 is 0 Å². The average molecular weight is 116 g/mol. The van der Waals surface area contributed by atoms with Crippen LogP contribution in [-0.4, -0.2) is 25.0 Å². The van der Waals surface area contributed by atoms with Crippen molar-refractivity contribution in [3.63, 3.8) is 0 Å². The molecule has 47 valence electrons. The highest BCUT2D eigenvalue weighted by Gasteiger charge is 2.15. The molecule has 0 atom stereocenters. The van der Waals surface area contributed by atoms with E-state index in [0.29, 0.717) is 13.0 Å². The van der Waals surface area contributed by atoms with Crippen molar-refractivity contribution >= 4 is 0 Å². The molecule has 1 rings (SSSR count). The first-order chi connectivity index (χ1) is 3.79. The molecule has 2 heteroatoms. The largest absolute Gasteiger partial charge is 0.303 e. The fourth-order valence-corrected chi connectivity index (χ4v) is 0.992. The summed E-state index contributed by atoms with van der Waals surface area (Å²) >= 11 is 0. The number of hydrogen-bond acceptors (Lipinski definition) is 1. The Hall–Kier alpha value is -0.110. The number of rotatable bonds is 0. The molecule has 1 saturated heterocycles. The van der Waals surface area contributed by atoms with Gasteiger partial charge in [-0.05, 0) is 26.4 Å². The third-order valence-electron chi connectivity index (χ3n) is 1.43. The third kappa shape index (κ3) is 1.44. The van der Waals surface area contributed by atoms with E-state index in [1.807, 2.05) is 11.9 Å². The predicted octanol–water partition coefficient (Wildman–Crippen LogP) is 1.21. The van der Waals surface area contributed by atoms with Crippen LogP contribution in [0, 0.1) is 6.17 Å². The molecule has 0 aliphatic carbocycles. The van der Waals surface area contributed by atoms with E-state index < -0.39 is 0 Å². The minimum atomic E-state index is 0.138. The monoisotopic (exact) mass is 116 g/mol. The summed E-state index contributed by atoms with van der Waals surface area (Å²) in [5.41, 5.74) is 0. The maximum Gasteiger partial charge on any atom is 0.158 e. The van der Waals surface area contributed by atoms with E-state index >= 15 is 0 Å². The second-order valence-corrected chi connectivity index (χ2v) is 2.36. The zero-order valence-electron chi connectivity index (χ0n) is 5.15. The fourth-order valence-electron chi connectivity index (χ4n) is 0.992. The summed E-state index contributed by atoms with van der Waals surface area (Å²) in [6, 6.07) is 0. The molecular weight excluding hydrogens is 105 g/mol. The Bertz CT molecular complexity index is 66.9. The van der Waals surface area contributed by atoms with Gasteiger partial charge in [0, 0.05) is 6.54 Å². The van der Waals surface area contributed by atoms with Gasteiger partial charge in [0.2, 0.25) is 0 Å². The number of piperidine rings is 1. The SMILES string of the molecule is CN1CCC[C](F)C1. The first-order valence-electron chi connectivity index (χ1n) is 2.98. The number of halogens is 1. The molecule has 0 amide bonds. The molecule has 0 bridgehead atoms. The lowest BCUT2D eigenvalue weighted by atomic mass is 10.1. The van der Waals surface area contributed by atoms with Gasteiger partial charge in [0.05, 0.1) is 0 Å². The second-order valence-electron chi connectivity index (χ2n) is 2.36. The maximum absolute atomic E-state index is 12.3. The second kappa shape index (κ2) is 2.44. The van der Waals surface area contributed by atoms with E-state index in [9.17, 15) is 4.39 Å². The van der Waals surface area contributed by atoms with E-state index in [0.717, 1.165) is 13.0 Å². The molecule has 0 spiro atoms. The van der Waals surface area contributed by atoms with Gasteiger partial charge in [0.15, 0.2) is 6.17 Å². The lowest BCUT2D eigenvalue weighted by molar-refractivity contribution is 0.236. The topological polar surface area (TPSA) is 3.24 Å². The van der Waals surface area contributed by atoms with Gasteiger partial charge in [-0.25, -0.2) is 4.39 Å². The molecule has 0 unspecified atom stereocenters. The Balaban J connectivity index is 2.23. The predicted molar refractivity (Wildman–Crippen MR) is 31.1 cm³/mol. The van der Waals surface area contributed by atoms with Crippen LogP contribution in [0.4, 0.5) is 4.39 Å². The van der Waals surface area contributed by atoms with E-state index in [4.69, 9.17) is 0 Å². The minimum Gasteiger partial charge on any atom is -0.303 e. The standard InChI is InChI=1S/C6H11FN/c1-8-4-2-3-6(7)5-8/h2-5H2,1H3. The van der Waals surface area contributed by atoms with Gasteiger partial charge >= 0.3 is 0 Å². The van der Waals surface area contributed by atoms with E-state index in [1.165, 1.54) is 0 Å². The summed E-state index contributed by atoms with van der Waals surface area (Å²) in [6.07, 6.45) is 1.81. The average Bonchev–Trinajstić information content (AvgIpc) is 1.64. The fraction of sp³-hybridized carbons (Fsp3) is 0.833. The van der Waals surface area contributed by atoms with Crippen molar-refractivity contribution in [2.75, 3.05) is 20.1 Å². The van der Waals surface area contributed by atoms with Gasteiger partial charge < -0.3 is 4.90 Å². The van der Waals surface area contributed by atoms with E-state index in [2.05, 4.69) is 0 Å². The Kier molecular flexibility index (Phi) is 1.84. The highest BCUT2D eigenvalue weighted by Crippen LogP contribution is 2.16. The molecular formula is C6H11FN. The zero-order valence-corrected chi connectivity index (χ0v) is 5.15. The number of nitrogens with zero attached hydrogens (tertiary/aromatic N) is 1.